The van der Waals surface area contributed by atoms with E-state index in [9.17, 15) is 0 Å². The lowest BCUT2D eigenvalue weighted by molar-refractivity contribution is 0.291. The number of piperazine rings is 1. The molecule has 3 heteroatoms. The molecule has 16 heavy (non-hydrogen) atoms. The van der Waals surface area contributed by atoms with E-state index in [1.165, 1.54) is 13.1 Å². The van der Waals surface area contributed by atoms with Crippen molar-refractivity contribution in [1.82, 2.24) is 10.2 Å². The topological polar surface area (TPSA) is 24.5 Å². The number of nitrogens with zero attached hydrogens (tertiary/aromatic N) is 1. The summed E-state index contributed by atoms with van der Waals surface area (Å²) in [7, 11) is 2.15. The van der Waals surface area contributed by atoms with E-state index in [0.717, 1.165) is 25.4 Å². The fourth-order valence-corrected chi connectivity index (χ4v) is 1.46. The van der Waals surface area contributed by atoms with E-state index >= 15 is 0 Å². The van der Waals surface area contributed by atoms with Crippen LogP contribution in [-0.4, -0.2) is 44.7 Å². The van der Waals surface area contributed by atoms with Gasteiger partial charge in [0.2, 0.25) is 0 Å². The Hall–Kier alpha value is -1.06. The molecule has 0 unspecified atom stereocenters. The van der Waals surface area contributed by atoms with Gasteiger partial charge in [0.15, 0.2) is 0 Å². The Labute approximate surface area is 98.4 Å². The molecule has 0 spiro atoms. The van der Waals surface area contributed by atoms with Crippen molar-refractivity contribution in [2.45, 2.75) is 6.92 Å². The van der Waals surface area contributed by atoms with Gasteiger partial charge in [0, 0.05) is 26.2 Å². The van der Waals surface area contributed by atoms with E-state index in [-0.39, 0.29) is 0 Å². The minimum Gasteiger partial charge on any atom is -0.494 e. The highest BCUT2D eigenvalue weighted by Crippen LogP contribution is 2.06. The van der Waals surface area contributed by atoms with Crippen molar-refractivity contribution >= 4 is 0 Å². The zero-order valence-electron chi connectivity index (χ0n) is 10.3. The van der Waals surface area contributed by atoms with Crippen molar-refractivity contribution < 1.29 is 4.74 Å². The predicted molar refractivity (Wildman–Crippen MR) is 68.0 cm³/mol. The van der Waals surface area contributed by atoms with Gasteiger partial charge in [-0.3, -0.25) is 0 Å². The van der Waals surface area contributed by atoms with Gasteiger partial charge in [0.25, 0.3) is 0 Å². The third-order valence-corrected chi connectivity index (χ3v) is 2.39. The monoisotopic (exact) mass is 222 g/mol. The fraction of sp³-hybridized carbons (Fsp3) is 0.538. The summed E-state index contributed by atoms with van der Waals surface area (Å²) in [5, 5.41) is 3.27. The molecule has 0 atom stereocenters. The lowest BCUT2D eigenvalue weighted by Crippen LogP contribution is -2.40. The van der Waals surface area contributed by atoms with Crippen LogP contribution in [0.15, 0.2) is 30.3 Å². The van der Waals surface area contributed by atoms with E-state index in [0.29, 0.717) is 0 Å². The van der Waals surface area contributed by atoms with Gasteiger partial charge in [0.05, 0.1) is 6.61 Å². The minimum absolute atomic E-state index is 0.740. The van der Waals surface area contributed by atoms with Gasteiger partial charge in [-0.05, 0) is 26.1 Å². The lowest BCUT2D eigenvalue weighted by atomic mass is 10.3. The van der Waals surface area contributed by atoms with Crippen LogP contribution in [0, 0.1) is 0 Å². The van der Waals surface area contributed by atoms with Crippen molar-refractivity contribution in [2.24, 2.45) is 0 Å². The predicted octanol–water partition coefficient (Wildman–Crippen LogP) is 1.61. The smallest absolute Gasteiger partial charge is 0.119 e. The molecule has 0 aliphatic carbocycles. The van der Waals surface area contributed by atoms with E-state index in [2.05, 4.69) is 17.3 Å². The summed E-state index contributed by atoms with van der Waals surface area (Å²) >= 11 is 0. The van der Waals surface area contributed by atoms with Crippen LogP contribution in [0.4, 0.5) is 0 Å². The molecule has 1 fully saturated rings. The summed E-state index contributed by atoms with van der Waals surface area (Å²) in [5.74, 6) is 0.944. The molecular weight excluding hydrogens is 200 g/mol. The summed E-state index contributed by atoms with van der Waals surface area (Å²) in [5.41, 5.74) is 0. The minimum atomic E-state index is 0.740. The summed E-state index contributed by atoms with van der Waals surface area (Å²) in [4.78, 5) is 2.33. The molecule has 1 aliphatic rings. The Morgan fingerprint density at radius 3 is 2.25 bits per heavy atom. The molecule has 1 aliphatic heterocycles. The molecule has 0 amide bonds. The number of ether oxygens (including phenoxy) is 1. The number of nitrogens with one attached hydrogen (secondary N) is 1. The van der Waals surface area contributed by atoms with E-state index in [1.54, 1.807) is 0 Å². The van der Waals surface area contributed by atoms with Crippen LogP contribution in [0.2, 0.25) is 0 Å². The zero-order valence-corrected chi connectivity index (χ0v) is 10.3. The van der Waals surface area contributed by atoms with Crippen LogP contribution < -0.4 is 10.1 Å². The van der Waals surface area contributed by atoms with Crippen molar-refractivity contribution in [3.05, 3.63) is 30.3 Å². The van der Waals surface area contributed by atoms with Crippen LogP contribution in [0.25, 0.3) is 0 Å². The highest BCUT2D eigenvalue weighted by Gasteiger charge is 2.01. The van der Waals surface area contributed by atoms with Gasteiger partial charge in [-0.15, -0.1) is 0 Å². The number of para-hydroxylation sites is 1. The molecule has 90 valence electrons. The number of hydrogen-bond acceptors (Lipinski definition) is 3. The highest BCUT2D eigenvalue weighted by atomic mass is 16.5. The number of hydrogen-bond donors (Lipinski definition) is 1. The first-order valence-corrected chi connectivity index (χ1v) is 5.90. The van der Waals surface area contributed by atoms with Gasteiger partial charge in [0.1, 0.15) is 5.75 Å². The summed E-state index contributed by atoms with van der Waals surface area (Å²) in [6, 6.07) is 9.80. The molecule has 3 nitrogen and oxygen atoms in total. The third-order valence-electron chi connectivity index (χ3n) is 2.39. The molecule has 1 aromatic rings. The van der Waals surface area contributed by atoms with Gasteiger partial charge < -0.3 is 15.0 Å². The molecule has 0 bridgehead atoms. The molecule has 1 saturated heterocycles. The number of likely N-dealkylation sites (N-methyl/N-ethyl adjacent to an activating group) is 1. The van der Waals surface area contributed by atoms with E-state index in [4.69, 9.17) is 4.74 Å². The first-order valence-electron chi connectivity index (χ1n) is 5.90. The molecule has 0 aromatic heterocycles. The van der Waals surface area contributed by atoms with Gasteiger partial charge >= 0.3 is 0 Å². The van der Waals surface area contributed by atoms with Crippen molar-refractivity contribution in [1.29, 1.82) is 0 Å². The number of benzene rings is 1. The largest absolute Gasteiger partial charge is 0.494 e. The maximum atomic E-state index is 5.21. The summed E-state index contributed by atoms with van der Waals surface area (Å²) in [6.45, 7) is 7.46. The molecule has 1 heterocycles. The van der Waals surface area contributed by atoms with Gasteiger partial charge in [-0.25, -0.2) is 0 Å². The summed E-state index contributed by atoms with van der Waals surface area (Å²) in [6.07, 6.45) is 0. The normalized spacial score (nSPS) is 16.1. The van der Waals surface area contributed by atoms with Crippen LogP contribution >= 0.6 is 0 Å². The maximum Gasteiger partial charge on any atom is 0.119 e. The third kappa shape index (κ3) is 5.73. The fourth-order valence-electron chi connectivity index (χ4n) is 1.46. The quantitative estimate of drug-likeness (QED) is 0.822. The average Bonchev–Trinajstić information content (AvgIpc) is 2.33. The second-order valence-corrected chi connectivity index (χ2v) is 3.80. The van der Waals surface area contributed by atoms with Crippen LogP contribution in [-0.2, 0) is 0 Å². The Morgan fingerprint density at radius 1 is 1.19 bits per heavy atom. The summed E-state index contributed by atoms with van der Waals surface area (Å²) < 4.78 is 5.21. The molecule has 1 N–H and O–H groups in total. The standard InChI is InChI=1S/C8H10O.C5H12N2/c1-2-9-8-6-4-3-5-7-8;1-7-4-2-6-3-5-7/h3-7H,2H2,1H3;6H,2-5H2,1H3. The average molecular weight is 222 g/mol. The molecule has 0 radical (unpaired) electrons. The van der Waals surface area contributed by atoms with Gasteiger partial charge in [-0.1, -0.05) is 18.2 Å². The first-order chi connectivity index (χ1) is 7.83. The van der Waals surface area contributed by atoms with Crippen molar-refractivity contribution in [3.63, 3.8) is 0 Å². The lowest BCUT2D eigenvalue weighted by Gasteiger charge is -2.21. The Balaban J connectivity index is 0.000000165. The Morgan fingerprint density at radius 2 is 1.81 bits per heavy atom. The van der Waals surface area contributed by atoms with Crippen molar-refractivity contribution in [2.75, 3.05) is 39.8 Å². The van der Waals surface area contributed by atoms with E-state index in [1.807, 2.05) is 37.3 Å². The van der Waals surface area contributed by atoms with Crippen molar-refractivity contribution in [3.8, 4) is 5.75 Å². The second kappa shape index (κ2) is 8.13. The Kier molecular flexibility index (Phi) is 6.61. The zero-order chi connectivity index (χ0) is 11.6. The molecule has 0 saturated carbocycles. The Bertz CT molecular complexity index is 258. The maximum absolute atomic E-state index is 5.21. The van der Waals surface area contributed by atoms with Crippen LogP contribution in [0.3, 0.4) is 0 Å². The second-order valence-electron chi connectivity index (χ2n) is 3.80. The highest BCUT2D eigenvalue weighted by molar-refractivity contribution is 5.20. The SMILES string of the molecule is CCOc1ccccc1.CN1CCNCC1. The van der Waals surface area contributed by atoms with Crippen LogP contribution in [0.5, 0.6) is 5.75 Å². The van der Waals surface area contributed by atoms with Gasteiger partial charge in [-0.2, -0.15) is 0 Å². The van der Waals surface area contributed by atoms with Crippen LogP contribution in [0.1, 0.15) is 6.92 Å². The molecule has 2 rings (SSSR count). The molecular formula is C13H22N2O. The molecule has 1 aromatic carbocycles. The number of rotatable bonds is 2. The first kappa shape index (κ1) is 13.0. The van der Waals surface area contributed by atoms with E-state index < -0.39 is 0 Å².